The molecule has 0 saturated carbocycles. The van der Waals surface area contributed by atoms with Gasteiger partial charge in [0.1, 0.15) is 5.02 Å². The molecule has 0 unspecified atom stereocenters. The van der Waals surface area contributed by atoms with E-state index in [2.05, 4.69) is 15.1 Å². The van der Waals surface area contributed by atoms with Crippen LogP contribution in [0.2, 0.25) is 5.02 Å². The van der Waals surface area contributed by atoms with Crippen LogP contribution in [-0.2, 0) is 0 Å². The number of aromatic nitrogens is 2. The van der Waals surface area contributed by atoms with Crippen LogP contribution in [0.1, 0.15) is 0 Å². The van der Waals surface area contributed by atoms with Crippen molar-refractivity contribution >= 4 is 34.0 Å². The van der Waals surface area contributed by atoms with E-state index in [0.29, 0.717) is 0 Å². The number of nitro groups is 1. The zero-order valence-electron chi connectivity index (χ0n) is 7.93. The Hall–Kier alpha value is -2.09. The van der Waals surface area contributed by atoms with Crippen LogP contribution in [0.15, 0.2) is 10.7 Å². The topological polar surface area (TPSA) is 108 Å². The molecule has 1 aromatic heterocycles. The van der Waals surface area contributed by atoms with E-state index in [1.165, 1.54) is 7.05 Å². The molecule has 8 nitrogen and oxygen atoms in total. The highest BCUT2D eigenvalue weighted by Gasteiger charge is 2.28. The molecule has 0 amide bonds. The number of halogens is 1. The minimum absolute atomic E-state index is 0.0277. The van der Waals surface area contributed by atoms with Crippen molar-refractivity contribution in [2.45, 2.75) is 0 Å². The number of anilines is 1. The Morgan fingerprint density at radius 2 is 2.38 bits per heavy atom. The summed E-state index contributed by atoms with van der Waals surface area (Å²) >= 11 is 5.71. The molecule has 9 heteroatoms. The van der Waals surface area contributed by atoms with Crippen molar-refractivity contribution in [3.8, 4) is 0 Å². The second-order valence-electron chi connectivity index (χ2n) is 2.89. The van der Waals surface area contributed by atoms with Crippen molar-refractivity contribution in [1.29, 1.82) is 0 Å². The SMILES string of the molecule is CNc1c([N+](=O)[O-])c(Cl)cc2c1no[n+]2[O-]. The number of hydrogen-bond acceptors (Lipinski definition) is 6. The quantitative estimate of drug-likeness (QED) is 0.481. The lowest BCUT2D eigenvalue weighted by molar-refractivity contribution is -0.782. The molecule has 0 radical (unpaired) electrons. The first-order chi connectivity index (χ1) is 7.56. The summed E-state index contributed by atoms with van der Waals surface area (Å²) in [4.78, 5) is 10.3. The first-order valence-electron chi connectivity index (χ1n) is 4.10. The largest absolute Gasteiger partial charge is 0.379 e. The van der Waals surface area contributed by atoms with E-state index in [9.17, 15) is 15.3 Å². The molecule has 16 heavy (non-hydrogen) atoms. The third-order valence-corrected chi connectivity index (χ3v) is 2.33. The highest BCUT2D eigenvalue weighted by Crippen LogP contribution is 2.37. The molecule has 1 N–H and O–H groups in total. The lowest BCUT2D eigenvalue weighted by Gasteiger charge is -2.01. The standard InChI is InChI=1S/C7H5ClN4O4/c1-9-6-5-4(12(15)16-10-5)2-3(8)7(6)11(13)14/h2,9H,1H3. The highest BCUT2D eigenvalue weighted by atomic mass is 35.5. The van der Waals surface area contributed by atoms with E-state index in [1.807, 2.05) is 0 Å². The van der Waals surface area contributed by atoms with E-state index < -0.39 is 4.92 Å². The van der Waals surface area contributed by atoms with Gasteiger partial charge in [0, 0.05) is 18.3 Å². The Labute approximate surface area is 93.1 Å². The second-order valence-corrected chi connectivity index (χ2v) is 3.29. The number of fused-ring (bicyclic) bond motifs is 1. The van der Waals surface area contributed by atoms with Crippen molar-refractivity contribution < 1.29 is 14.5 Å². The molecule has 0 atom stereocenters. The molecule has 2 aromatic rings. The molecule has 1 aromatic carbocycles. The van der Waals surface area contributed by atoms with Gasteiger partial charge in [-0.3, -0.25) is 14.7 Å². The fraction of sp³-hybridized carbons (Fsp3) is 0.143. The maximum Gasteiger partial charge on any atom is 0.315 e. The van der Waals surface area contributed by atoms with Crippen LogP contribution < -0.4 is 10.2 Å². The molecule has 0 aliphatic rings. The van der Waals surface area contributed by atoms with E-state index >= 15 is 0 Å². The number of benzene rings is 1. The average Bonchev–Trinajstić information content (AvgIpc) is 2.58. The normalized spacial score (nSPS) is 10.6. The smallest absolute Gasteiger partial charge is 0.315 e. The Morgan fingerprint density at radius 3 is 2.94 bits per heavy atom. The van der Waals surface area contributed by atoms with Gasteiger partial charge in [0.15, 0.2) is 5.69 Å². The van der Waals surface area contributed by atoms with E-state index in [0.717, 1.165) is 6.07 Å². The van der Waals surface area contributed by atoms with Crippen LogP contribution in [-0.4, -0.2) is 17.1 Å². The van der Waals surface area contributed by atoms with Crippen molar-refractivity contribution in [3.05, 3.63) is 26.4 Å². The van der Waals surface area contributed by atoms with Gasteiger partial charge < -0.3 is 10.5 Å². The highest BCUT2D eigenvalue weighted by molar-refractivity contribution is 6.34. The fourth-order valence-electron chi connectivity index (χ4n) is 1.39. The van der Waals surface area contributed by atoms with Crippen LogP contribution >= 0.6 is 11.6 Å². The van der Waals surface area contributed by atoms with Crippen molar-refractivity contribution in [2.75, 3.05) is 12.4 Å². The van der Waals surface area contributed by atoms with Crippen molar-refractivity contribution in [1.82, 2.24) is 5.16 Å². The Morgan fingerprint density at radius 1 is 1.69 bits per heavy atom. The Kier molecular flexibility index (Phi) is 2.27. The third kappa shape index (κ3) is 1.31. The van der Waals surface area contributed by atoms with Gasteiger partial charge in [-0.25, -0.2) is 0 Å². The molecule has 0 spiro atoms. The van der Waals surface area contributed by atoms with Gasteiger partial charge in [-0.05, 0) is 4.90 Å². The summed E-state index contributed by atoms with van der Waals surface area (Å²) in [6.07, 6.45) is 0. The minimum Gasteiger partial charge on any atom is -0.379 e. The minimum atomic E-state index is -0.655. The van der Waals surface area contributed by atoms with E-state index in [1.54, 1.807) is 0 Å². The number of nitrogens with zero attached hydrogens (tertiary/aromatic N) is 3. The maximum absolute atomic E-state index is 11.1. The Balaban J connectivity index is 2.91. The fourth-order valence-corrected chi connectivity index (χ4v) is 1.65. The molecule has 0 aliphatic carbocycles. The first-order valence-corrected chi connectivity index (χ1v) is 4.48. The second kappa shape index (κ2) is 3.49. The molecular weight excluding hydrogens is 240 g/mol. The van der Waals surface area contributed by atoms with Crippen LogP contribution in [0.4, 0.5) is 11.4 Å². The average molecular weight is 245 g/mol. The van der Waals surface area contributed by atoms with Gasteiger partial charge in [-0.15, -0.1) is 0 Å². The van der Waals surface area contributed by atoms with Crippen LogP contribution in [0.3, 0.4) is 0 Å². The summed E-state index contributed by atoms with van der Waals surface area (Å²) in [6.45, 7) is 0. The maximum atomic E-state index is 11.1. The molecule has 84 valence electrons. The van der Waals surface area contributed by atoms with Crippen molar-refractivity contribution in [2.24, 2.45) is 0 Å². The predicted octanol–water partition coefficient (Wildman–Crippen LogP) is 1.06. The first kappa shape index (κ1) is 10.4. The number of nitrogens with one attached hydrogen (secondary N) is 1. The summed E-state index contributed by atoms with van der Waals surface area (Å²) < 4.78 is 4.34. The lowest BCUT2D eigenvalue weighted by atomic mass is 10.2. The molecule has 1 heterocycles. The van der Waals surface area contributed by atoms with Crippen LogP contribution in [0.25, 0.3) is 11.0 Å². The number of hydrogen-bond donors (Lipinski definition) is 1. The third-order valence-electron chi connectivity index (χ3n) is 2.04. The number of nitro benzene ring substituents is 1. The van der Waals surface area contributed by atoms with E-state index in [4.69, 9.17) is 11.6 Å². The monoisotopic (exact) mass is 244 g/mol. The van der Waals surface area contributed by atoms with Crippen molar-refractivity contribution in [3.63, 3.8) is 0 Å². The van der Waals surface area contributed by atoms with Gasteiger partial charge in [0.25, 0.3) is 5.52 Å². The molecule has 2 rings (SSSR count). The molecular formula is C7H5ClN4O4. The van der Waals surface area contributed by atoms with Gasteiger partial charge in [-0.1, -0.05) is 11.6 Å². The molecule has 0 bridgehead atoms. The summed E-state index contributed by atoms with van der Waals surface area (Å²) in [5.74, 6) is 0. The van der Waals surface area contributed by atoms with Gasteiger partial charge >= 0.3 is 5.69 Å². The molecule has 0 fully saturated rings. The lowest BCUT2D eigenvalue weighted by Crippen LogP contribution is -2.22. The zero-order valence-corrected chi connectivity index (χ0v) is 8.69. The van der Waals surface area contributed by atoms with Crippen LogP contribution in [0, 0.1) is 15.3 Å². The van der Waals surface area contributed by atoms with Crippen LogP contribution in [0.5, 0.6) is 0 Å². The van der Waals surface area contributed by atoms with Gasteiger partial charge in [0.05, 0.1) is 4.92 Å². The predicted molar refractivity (Wildman–Crippen MR) is 54.2 cm³/mol. The van der Waals surface area contributed by atoms with Gasteiger partial charge in [-0.2, -0.15) is 0 Å². The summed E-state index contributed by atoms with van der Waals surface area (Å²) in [6, 6.07) is 1.14. The van der Waals surface area contributed by atoms with Gasteiger partial charge in [0.2, 0.25) is 5.52 Å². The number of rotatable bonds is 2. The van der Waals surface area contributed by atoms with E-state index in [-0.39, 0.29) is 32.3 Å². The summed E-state index contributed by atoms with van der Waals surface area (Å²) in [5.41, 5.74) is -0.204. The molecule has 0 saturated heterocycles. The summed E-state index contributed by atoms with van der Waals surface area (Å²) in [5, 5.41) is 27.7. The zero-order chi connectivity index (χ0) is 11.9. The molecule has 0 aliphatic heterocycles. The summed E-state index contributed by atoms with van der Waals surface area (Å²) in [7, 11) is 1.46. The Bertz CT molecular complexity index is 581.